The lowest BCUT2D eigenvalue weighted by atomic mass is 10.3. The quantitative estimate of drug-likeness (QED) is 0.888. The maximum atomic E-state index is 11.5. The Morgan fingerprint density at radius 3 is 2.80 bits per heavy atom. The second kappa shape index (κ2) is 5.00. The number of pyridine rings is 1. The van der Waals surface area contributed by atoms with Crippen molar-refractivity contribution in [3.8, 4) is 0 Å². The summed E-state index contributed by atoms with van der Waals surface area (Å²) in [6, 6.07) is 2.70. The topological polar surface area (TPSA) is 59.3 Å². The van der Waals surface area contributed by atoms with Gasteiger partial charge < -0.3 is 9.67 Å². The molecule has 0 saturated carbocycles. The van der Waals surface area contributed by atoms with E-state index >= 15 is 0 Å². The number of allylic oxidation sites excluding steroid dienone is 1. The van der Waals surface area contributed by atoms with Crippen molar-refractivity contribution in [3.05, 3.63) is 44.8 Å². The molecule has 0 aliphatic carbocycles. The largest absolute Gasteiger partial charge is 0.477 e. The second-order valence-electron chi connectivity index (χ2n) is 2.72. The van der Waals surface area contributed by atoms with Gasteiger partial charge in [-0.3, -0.25) is 4.79 Å². The third-order valence-electron chi connectivity index (χ3n) is 1.69. The molecule has 0 fully saturated rings. The van der Waals surface area contributed by atoms with Gasteiger partial charge in [-0.1, -0.05) is 23.2 Å². The first kappa shape index (κ1) is 11.8. The van der Waals surface area contributed by atoms with Crippen molar-refractivity contribution in [2.75, 3.05) is 0 Å². The Morgan fingerprint density at radius 2 is 2.27 bits per heavy atom. The lowest BCUT2D eigenvalue weighted by Crippen LogP contribution is -2.25. The summed E-state index contributed by atoms with van der Waals surface area (Å²) in [7, 11) is 0. The van der Waals surface area contributed by atoms with Crippen LogP contribution >= 0.6 is 23.2 Å². The summed E-state index contributed by atoms with van der Waals surface area (Å²) in [5.41, 5.74) is 0.222. The molecule has 0 aromatic carbocycles. The van der Waals surface area contributed by atoms with Gasteiger partial charge in [0, 0.05) is 16.8 Å². The molecule has 0 radical (unpaired) electrons. The predicted molar refractivity (Wildman–Crippen MR) is 57.5 cm³/mol. The molecule has 0 bridgehead atoms. The van der Waals surface area contributed by atoms with E-state index in [0.29, 0.717) is 0 Å². The highest BCUT2D eigenvalue weighted by molar-refractivity contribution is 6.36. The molecule has 1 rings (SSSR count). The molecule has 0 unspecified atom stereocenters. The molecule has 0 atom stereocenters. The zero-order valence-corrected chi connectivity index (χ0v) is 9.00. The molecule has 1 heterocycles. The second-order valence-corrected chi connectivity index (χ2v) is 3.42. The van der Waals surface area contributed by atoms with Crippen LogP contribution in [0.15, 0.2) is 33.7 Å². The van der Waals surface area contributed by atoms with Crippen molar-refractivity contribution in [2.24, 2.45) is 0 Å². The number of halogens is 2. The Kier molecular flexibility index (Phi) is 3.94. The minimum absolute atomic E-state index is 0.0605. The first-order valence-electron chi connectivity index (χ1n) is 3.93. The highest BCUT2D eigenvalue weighted by Crippen LogP contribution is 2.05. The smallest absolute Gasteiger partial charge is 0.341 e. The van der Waals surface area contributed by atoms with Gasteiger partial charge in [-0.15, -0.1) is 0 Å². The van der Waals surface area contributed by atoms with Gasteiger partial charge in [-0.2, -0.15) is 0 Å². The van der Waals surface area contributed by atoms with Crippen molar-refractivity contribution in [3.63, 3.8) is 0 Å². The first-order chi connectivity index (χ1) is 7.06. The Hall–Kier alpha value is -1.26. The molecule has 15 heavy (non-hydrogen) atoms. The van der Waals surface area contributed by atoms with Crippen LogP contribution in [0.3, 0.4) is 0 Å². The number of nitrogens with zero attached hydrogens (tertiary/aromatic N) is 1. The van der Waals surface area contributed by atoms with Crippen LogP contribution in [0.5, 0.6) is 0 Å². The molecule has 0 saturated heterocycles. The molecule has 1 aromatic rings. The van der Waals surface area contributed by atoms with Crippen molar-refractivity contribution in [1.29, 1.82) is 0 Å². The van der Waals surface area contributed by atoms with Gasteiger partial charge in [0.2, 0.25) is 0 Å². The van der Waals surface area contributed by atoms with E-state index in [1.54, 1.807) is 0 Å². The number of aromatic nitrogens is 1. The van der Waals surface area contributed by atoms with E-state index in [-0.39, 0.29) is 17.1 Å². The summed E-state index contributed by atoms with van der Waals surface area (Å²) in [5.74, 6) is -1.26. The molecule has 6 heteroatoms. The number of hydrogen-bond donors (Lipinski definition) is 1. The van der Waals surface area contributed by atoms with Crippen LogP contribution < -0.4 is 5.56 Å². The minimum atomic E-state index is -1.26. The van der Waals surface area contributed by atoms with Crippen molar-refractivity contribution < 1.29 is 9.90 Å². The molecule has 0 amide bonds. The maximum Gasteiger partial charge on any atom is 0.341 e. The zero-order valence-electron chi connectivity index (χ0n) is 7.48. The molecule has 0 aliphatic heterocycles. The van der Waals surface area contributed by atoms with Gasteiger partial charge in [0.15, 0.2) is 0 Å². The molecule has 0 spiro atoms. The van der Waals surface area contributed by atoms with E-state index < -0.39 is 11.5 Å². The highest BCUT2D eigenvalue weighted by Gasteiger charge is 2.10. The van der Waals surface area contributed by atoms with Gasteiger partial charge >= 0.3 is 5.97 Å². The Bertz CT molecular complexity index is 465. The Labute approximate surface area is 95.4 Å². The summed E-state index contributed by atoms with van der Waals surface area (Å²) >= 11 is 11.0. The van der Waals surface area contributed by atoms with Gasteiger partial charge in [-0.05, 0) is 12.1 Å². The average molecular weight is 248 g/mol. The van der Waals surface area contributed by atoms with E-state index in [2.05, 4.69) is 0 Å². The van der Waals surface area contributed by atoms with Gasteiger partial charge in [0.05, 0.1) is 6.54 Å². The number of aromatic carboxylic acids is 1. The fraction of sp³-hybridized carbons (Fsp3) is 0.111. The fourth-order valence-electron chi connectivity index (χ4n) is 1.02. The number of carbonyl (C=O) groups is 1. The van der Waals surface area contributed by atoms with E-state index in [1.165, 1.54) is 22.9 Å². The van der Waals surface area contributed by atoms with Crippen molar-refractivity contribution >= 4 is 29.2 Å². The molecule has 1 aromatic heterocycles. The van der Waals surface area contributed by atoms with Gasteiger partial charge in [0.1, 0.15) is 5.56 Å². The maximum absolute atomic E-state index is 11.5. The summed E-state index contributed by atoms with van der Waals surface area (Å²) < 4.78 is 1.17. The van der Waals surface area contributed by atoms with Crippen LogP contribution in [0.1, 0.15) is 10.4 Å². The van der Waals surface area contributed by atoms with Crippen LogP contribution in [-0.2, 0) is 6.54 Å². The molecule has 1 N–H and O–H groups in total. The van der Waals surface area contributed by atoms with E-state index in [0.717, 1.165) is 5.54 Å². The van der Waals surface area contributed by atoms with Gasteiger partial charge in [-0.25, -0.2) is 4.79 Å². The lowest BCUT2D eigenvalue weighted by Gasteiger charge is -2.04. The third-order valence-corrected chi connectivity index (χ3v) is 2.29. The molecular formula is C9H7Cl2NO3. The lowest BCUT2D eigenvalue weighted by molar-refractivity contribution is 0.0694. The van der Waals surface area contributed by atoms with Crippen LogP contribution in [0.2, 0.25) is 0 Å². The summed E-state index contributed by atoms with van der Waals surface area (Å²) in [5, 5.41) is 8.95. The minimum Gasteiger partial charge on any atom is -0.477 e. The number of rotatable bonds is 3. The Balaban J connectivity index is 3.16. The summed E-state index contributed by atoms with van der Waals surface area (Å²) in [4.78, 5) is 22.2. The number of hydrogen-bond acceptors (Lipinski definition) is 2. The SMILES string of the molecule is O=C(O)c1cccn(C/C(Cl)=C/Cl)c1=O. The normalized spacial score (nSPS) is 11.5. The summed E-state index contributed by atoms with van der Waals surface area (Å²) in [6.07, 6.45) is 1.44. The van der Waals surface area contributed by atoms with Crippen LogP contribution in [0.4, 0.5) is 0 Å². The molecule has 0 aliphatic rings. The molecular weight excluding hydrogens is 241 g/mol. The predicted octanol–water partition coefficient (Wildman–Crippen LogP) is 1.87. The standard InChI is InChI=1S/C9H7Cl2NO3/c10-4-6(11)5-12-3-1-2-7(8(12)13)9(14)15/h1-4H,5H2,(H,14,15)/b6-4-. The highest BCUT2D eigenvalue weighted by atomic mass is 35.5. The summed E-state index contributed by atoms with van der Waals surface area (Å²) in [6.45, 7) is 0.0605. The van der Waals surface area contributed by atoms with Crippen LogP contribution in [0.25, 0.3) is 0 Å². The van der Waals surface area contributed by atoms with Gasteiger partial charge in [0.25, 0.3) is 5.56 Å². The van der Waals surface area contributed by atoms with Crippen LogP contribution in [-0.4, -0.2) is 15.6 Å². The average Bonchev–Trinajstić information content (AvgIpc) is 2.20. The van der Waals surface area contributed by atoms with E-state index in [9.17, 15) is 9.59 Å². The van der Waals surface area contributed by atoms with E-state index in [4.69, 9.17) is 28.3 Å². The number of carboxylic acid groups (broad SMARTS) is 1. The monoisotopic (exact) mass is 247 g/mol. The first-order valence-corrected chi connectivity index (χ1v) is 4.75. The fourth-order valence-corrected chi connectivity index (χ4v) is 1.22. The van der Waals surface area contributed by atoms with Crippen molar-refractivity contribution in [2.45, 2.75) is 6.54 Å². The Morgan fingerprint density at radius 1 is 1.60 bits per heavy atom. The third kappa shape index (κ3) is 2.84. The molecule has 80 valence electrons. The van der Waals surface area contributed by atoms with E-state index in [1.807, 2.05) is 0 Å². The van der Waals surface area contributed by atoms with Crippen LogP contribution in [0, 0.1) is 0 Å². The molecule has 4 nitrogen and oxygen atoms in total. The zero-order chi connectivity index (χ0) is 11.4. The number of carboxylic acids is 1. The van der Waals surface area contributed by atoms with Crippen molar-refractivity contribution in [1.82, 2.24) is 4.57 Å².